The van der Waals surface area contributed by atoms with E-state index in [1.807, 2.05) is 31.3 Å². The summed E-state index contributed by atoms with van der Waals surface area (Å²) in [7, 11) is 1.84. The molecular formula is C16H14N2O3. The summed E-state index contributed by atoms with van der Waals surface area (Å²) in [6, 6.07) is 13.2. The van der Waals surface area contributed by atoms with Crippen LogP contribution >= 0.6 is 0 Å². The van der Waals surface area contributed by atoms with E-state index in [2.05, 4.69) is 5.32 Å². The summed E-state index contributed by atoms with van der Waals surface area (Å²) in [6.07, 6.45) is 3.17. The van der Waals surface area contributed by atoms with Crippen LogP contribution in [0.2, 0.25) is 0 Å². The number of nitro benzene ring substituents is 1. The van der Waals surface area contributed by atoms with Gasteiger partial charge in [-0.1, -0.05) is 18.2 Å². The van der Waals surface area contributed by atoms with Crippen LogP contribution in [0.4, 0.5) is 11.4 Å². The van der Waals surface area contributed by atoms with Crippen molar-refractivity contribution in [2.24, 2.45) is 0 Å². The number of rotatable bonds is 5. The standard InChI is InChI=1S/C16H14N2O3/c1-17-14-7-2-12(3-8-14)4-11-16(19)13-5-9-15(10-6-13)18(20)21/h2-11,17H,1H3. The molecule has 0 amide bonds. The molecule has 0 aliphatic carbocycles. The molecule has 0 aliphatic heterocycles. The molecule has 5 heteroatoms. The van der Waals surface area contributed by atoms with Crippen LogP contribution in [0.15, 0.2) is 54.6 Å². The molecule has 2 rings (SSSR count). The number of ketones is 1. The molecule has 1 N–H and O–H groups in total. The summed E-state index contributed by atoms with van der Waals surface area (Å²) in [6.45, 7) is 0. The first kappa shape index (κ1) is 14.5. The zero-order valence-electron chi connectivity index (χ0n) is 11.4. The second-order valence-corrected chi connectivity index (χ2v) is 4.37. The van der Waals surface area contributed by atoms with E-state index in [1.54, 1.807) is 6.08 Å². The Hall–Kier alpha value is -2.95. The average molecular weight is 282 g/mol. The zero-order valence-corrected chi connectivity index (χ0v) is 11.4. The van der Waals surface area contributed by atoms with E-state index in [-0.39, 0.29) is 11.5 Å². The summed E-state index contributed by atoms with van der Waals surface area (Å²) in [5.74, 6) is -0.192. The van der Waals surface area contributed by atoms with Crippen molar-refractivity contribution >= 4 is 23.2 Å². The second-order valence-electron chi connectivity index (χ2n) is 4.37. The summed E-state index contributed by atoms with van der Waals surface area (Å²) < 4.78 is 0. The summed E-state index contributed by atoms with van der Waals surface area (Å²) in [5, 5.41) is 13.6. The van der Waals surface area contributed by atoms with Gasteiger partial charge in [-0.3, -0.25) is 14.9 Å². The Morgan fingerprint density at radius 3 is 2.24 bits per heavy atom. The van der Waals surface area contributed by atoms with Crippen LogP contribution in [0, 0.1) is 10.1 Å². The lowest BCUT2D eigenvalue weighted by Crippen LogP contribution is -1.95. The predicted molar refractivity (Wildman–Crippen MR) is 82.4 cm³/mol. The minimum Gasteiger partial charge on any atom is -0.388 e. The highest BCUT2D eigenvalue weighted by molar-refractivity contribution is 6.06. The van der Waals surface area contributed by atoms with Gasteiger partial charge in [0.15, 0.2) is 5.78 Å². The van der Waals surface area contributed by atoms with Crippen molar-refractivity contribution in [3.05, 3.63) is 75.8 Å². The highest BCUT2D eigenvalue weighted by Crippen LogP contribution is 2.14. The fraction of sp³-hybridized carbons (Fsp3) is 0.0625. The van der Waals surface area contributed by atoms with Crippen LogP contribution in [0.25, 0.3) is 6.08 Å². The minimum absolute atomic E-state index is 0.0295. The minimum atomic E-state index is -0.493. The van der Waals surface area contributed by atoms with Crippen LogP contribution in [0.3, 0.4) is 0 Å². The molecule has 2 aromatic rings. The number of carbonyl (C=O) groups excluding carboxylic acids is 1. The van der Waals surface area contributed by atoms with E-state index >= 15 is 0 Å². The molecule has 0 spiro atoms. The SMILES string of the molecule is CNc1ccc(C=CC(=O)c2ccc([N+](=O)[O-])cc2)cc1. The van der Waals surface area contributed by atoms with Gasteiger partial charge >= 0.3 is 0 Å². The highest BCUT2D eigenvalue weighted by atomic mass is 16.6. The lowest BCUT2D eigenvalue weighted by molar-refractivity contribution is -0.384. The number of benzene rings is 2. The summed E-state index contributed by atoms with van der Waals surface area (Å²) in [5.41, 5.74) is 2.29. The van der Waals surface area contributed by atoms with Gasteiger partial charge in [0.05, 0.1) is 4.92 Å². The first-order chi connectivity index (χ1) is 10.1. The molecule has 2 aromatic carbocycles. The molecule has 0 saturated carbocycles. The van der Waals surface area contributed by atoms with Gasteiger partial charge in [-0.2, -0.15) is 0 Å². The van der Waals surface area contributed by atoms with E-state index < -0.39 is 4.92 Å². The summed E-state index contributed by atoms with van der Waals surface area (Å²) in [4.78, 5) is 22.0. The van der Waals surface area contributed by atoms with Crippen molar-refractivity contribution in [2.75, 3.05) is 12.4 Å². The molecule has 0 heterocycles. The monoisotopic (exact) mass is 282 g/mol. The Labute approximate surface area is 122 Å². The van der Waals surface area contributed by atoms with Gasteiger partial charge in [-0.25, -0.2) is 0 Å². The lowest BCUT2D eigenvalue weighted by Gasteiger charge is -1.99. The van der Waals surface area contributed by atoms with Crippen LogP contribution in [0.1, 0.15) is 15.9 Å². The zero-order chi connectivity index (χ0) is 15.2. The summed E-state index contributed by atoms with van der Waals surface area (Å²) >= 11 is 0. The Bertz CT molecular complexity index is 674. The predicted octanol–water partition coefficient (Wildman–Crippen LogP) is 3.53. The van der Waals surface area contributed by atoms with E-state index in [0.717, 1.165) is 11.3 Å². The van der Waals surface area contributed by atoms with Crippen molar-refractivity contribution < 1.29 is 9.72 Å². The van der Waals surface area contributed by atoms with Crippen molar-refractivity contribution in [1.82, 2.24) is 0 Å². The van der Waals surface area contributed by atoms with E-state index in [0.29, 0.717) is 5.56 Å². The van der Waals surface area contributed by atoms with Gasteiger partial charge in [0, 0.05) is 30.4 Å². The van der Waals surface area contributed by atoms with E-state index in [1.165, 1.54) is 30.3 Å². The van der Waals surface area contributed by atoms with Crippen LogP contribution in [0.5, 0.6) is 0 Å². The molecule has 0 aliphatic rings. The topological polar surface area (TPSA) is 72.2 Å². The maximum absolute atomic E-state index is 12.0. The molecular weight excluding hydrogens is 268 g/mol. The lowest BCUT2D eigenvalue weighted by atomic mass is 10.1. The third kappa shape index (κ3) is 3.76. The average Bonchev–Trinajstić information content (AvgIpc) is 2.53. The Morgan fingerprint density at radius 1 is 1.10 bits per heavy atom. The molecule has 106 valence electrons. The van der Waals surface area contributed by atoms with Gasteiger partial charge in [-0.15, -0.1) is 0 Å². The number of hydrogen-bond acceptors (Lipinski definition) is 4. The van der Waals surface area contributed by atoms with Gasteiger partial charge in [-0.05, 0) is 35.9 Å². The molecule has 21 heavy (non-hydrogen) atoms. The van der Waals surface area contributed by atoms with Crippen molar-refractivity contribution in [3.8, 4) is 0 Å². The maximum Gasteiger partial charge on any atom is 0.269 e. The Balaban J connectivity index is 2.09. The number of carbonyl (C=O) groups is 1. The van der Waals surface area contributed by atoms with Crippen molar-refractivity contribution in [3.63, 3.8) is 0 Å². The van der Waals surface area contributed by atoms with Gasteiger partial charge in [0.2, 0.25) is 0 Å². The molecule has 0 atom stereocenters. The Kier molecular flexibility index (Phi) is 4.46. The first-order valence-corrected chi connectivity index (χ1v) is 6.35. The fourth-order valence-electron chi connectivity index (χ4n) is 1.78. The van der Waals surface area contributed by atoms with Gasteiger partial charge < -0.3 is 5.32 Å². The van der Waals surface area contributed by atoms with Crippen LogP contribution in [-0.4, -0.2) is 17.8 Å². The number of nitrogens with zero attached hydrogens (tertiary/aromatic N) is 1. The molecule has 5 nitrogen and oxygen atoms in total. The second kappa shape index (κ2) is 6.47. The molecule has 0 fully saturated rings. The first-order valence-electron chi connectivity index (χ1n) is 6.35. The van der Waals surface area contributed by atoms with Gasteiger partial charge in [0.1, 0.15) is 0 Å². The number of nitro groups is 1. The normalized spacial score (nSPS) is 10.5. The van der Waals surface area contributed by atoms with E-state index in [9.17, 15) is 14.9 Å². The molecule has 0 bridgehead atoms. The molecule has 0 radical (unpaired) electrons. The molecule has 0 unspecified atom stereocenters. The maximum atomic E-state index is 12.0. The van der Waals surface area contributed by atoms with Crippen molar-refractivity contribution in [1.29, 1.82) is 0 Å². The van der Waals surface area contributed by atoms with Gasteiger partial charge in [0.25, 0.3) is 5.69 Å². The van der Waals surface area contributed by atoms with Crippen molar-refractivity contribution in [2.45, 2.75) is 0 Å². The number of hydrogen-bond donors (Lipinski definition) is 1. The number of anilines is 1. The van der Waals surface area contributed by atoms with E-state index in [4.69, 9.17) is 0 Å². The third-order valence-electron chi connectivity index (χ3n) is 2.99. The van der Waals surface area contributed by atoms with Crippen LogP contribution < -0.4 is 5.32 Å². The quantitative estimate of drug-likeness (QED) is 0.394. The van der Waals surface area contributed by atoms with Crippen LogP contribution in [-0.2, 0) is 0 Å². The fourth-order valence-corrected chi connectivity index (χ4v) is 1.78. The third-order valence-corrected chi connectivity index (χ3v) is 2.99. The Morgan fingerprint density at radius 2 is 1.71 bits per heavy atom. The number of non-ortho nitro benzene ring substituents is 1. The highest BCUT2D eigenvalue weighted by Gasteiger charge is 2.07. The number of allylic oxidation sites excluding steroid dienone is 1. The number of nitrogens with one attached hydrogen (secondary N) is 1. The smallest absolute Gasteiger partial charge is 0.269 e. The molecule has 0 saturated heterocycles. The largest absolute Gasteiger partial charge is 0.388 e. The molecule has 0 aromatic heterocycles.